The van der Waals surface area contributed by atoms with Gasteiger partial charge >= 0.3 is 5.97 Å². The van der Waals surface area contributed by atoms with E-state index >= 15 is 0 Å². The summed E-state index contributed by atoms with van der Waals surface area (Å²) in [6.07, 6.45) is 0. The van der Waals surface area contributed by atoms with Crippen LogP contribution in [-0.2, 0) is 4.74 Å². The summed E-state index contributed by atoms with van der Waals surface area (Å²) in [6.45, 7) is 6.00. The van der Waals surface area contributed by atoms with E-state index in [1.54, 1.807) is 0 Å². The summed E-state index contributed by atoms with van der Waals surface area (Å²) in [5.41, 5.74) is 4.82. The molecule has 0 bridgehead atoms. The van der Waals surface area contributed by atoms with Crippen LogP contribution in [0, 0.1) is 20.8 Å². The quantitative estimate of drug-likeness (QED) is 0.758. The number of methoxy groups -OCH3 is 1. The average molecular weight is 243 g/mol. The highest BCUT2D eigenvalue weighted by molar-refractivity contribution is 5.91. The van der Waals surface area contributed by atoms with E-state index in [1.165, 1.54) is 7.11 Å². The van der Waals surface area contributed by atoms with Crippen LogP contribution in [0.2, 0.25) is 0 Å². The third kappa shape index (κ3) is 2.04. The molecule has 0 saturated heterocycles. The lowest BCUT2D eigenvalue weighted by Crippen LogP contribution is -2.06. The number of hydrogen-bond donors (Lipinski definition) is 0. The van der Waals surface area contributed by atoms with Crippen LogP contribution < -0.4 is 0 Å². The minimum atomic E-state index is -0.295. The van der Waals surface area contributed by atoms with E-state index in [-0.39, 0.29) is 5.97 Å². The van der Waals surface area contributed by atoms with Crippen molar-refractivity contribution in [3.05, 3.63) is 52.8 Å². The number of hydrogen-bond acceptors (Lipinski definition) is 2. The summed E-state index contributed by atoms with van der Waals surface area (Å²) >= 11 is 0. The van der Waals surface area contributed by atoms with E-state index in [9.17, 15) is 4.79 Å². The van der Waals surface area contributed by atoms with Crippen LogP contribution in [0.4, 0.5) is 0 Å². The highest BCUT2D eigenvalue weighted by atomic mass is 16.5. The van der Waals surface area contributed by atoms with Crippen molar-refractivity contribution in [1.29, 1.82) is 0 Å². The second-order valence-corrected chi connectivity index (χ2v) is 4.44. The Balaban J connectivity index is 2.57. The fraction of sp³-hybridized carbons (Fsp3) is 0.267. The van der Waals surface area contributed by atoms with Crippen molar-refractivity contribution in [1.82, 2.24) is 4.57 Å². The van der Waals surface area contributed by atoms with Gasteiger partial charge in [-0.15, -0.1) is 0 Å². The van der Waals surface area contributed by atoms with Gasteiger partial charge in [-0.1, -0.05) is 6.07 Å². The van der Waals surface area contributed by atoms with Crippen LogP contribution in [0.5, 0.6) is 0 Å². The molecule has 0 saturated carbocycles. The molecule has 94 valence electrons. The van der Waals surface area contributed by atoms with Gasteiger partial charge in [0.25, 0.3) is 0 Å². The van der Waals surface area contributed by atoms with Crippen molar-refractivity contribution < 1.29 is 9.53 Å². The Kier molecular flexibility index (Phi) is 3.24. The first kappa shape index (κ1) is 12.4. The van der Waals surface area contributed by atoms with Gasteiger partial charge in [0.05, 0.1) is 12.7 Å². The van der Waals surface area contributed by atoms with Crippen LogP contribution in [0.15, 0.2) is 30.3 Å². The number of ether oxygens (including phenoxy) is 1. The molecule has 3 heteroatoms. The Morgan fingerprint density at radius 1 is 1.06 bits per heavy atom. The maximum absolute atomic E-state index is 11.7. The fourth-order valence-corrected chi connectivity index (χ4v) is 2.15. The Labute approximate surface area is 107 Å². The van der Waals surface area contributed by atoms with Crippen LogP contribution >= 0.6 is 0 Å². The highest BCUT2D eigenvalue weighted by Gasteiger charge is 2.12. The molecule has 0 aliphatic heterocycles. The lowest BCUT2D eigenvalue weighted by Gasteiger charge is -2.12. The highest BCUT2D eigenvalue weighted by Crippen LogP contribution is 2.20. The Morgan fingerprint density at radius 3 is 2.22 bits per heavy atom. The number of carbonyl (C=O) groups excluding carboxylic acids is 1. The SMILES string of the molecule is COC(=O)c1cc(-n2c(C)ccc2C)ccc1C. The molecule has 0 aliphatic carbocycles. The number of benzene rings is 1. The van der Waals surface area contributed by atoms with Crippen molar-refractivity contribution in [2.45, 2.75) is 20.8 Å². The minimum Gasteiger partial charge on any atom is -0.465 e. The van der Waals surface area contributed by atoms with Gasteiger partial charge in [0.1, 0.15) is 0 Å². The van der Waals surface area contributed by atoms with Gasteiger partial charge in [0, 0.05) is 17.1 Å². The van der Waals surface area contributed by atoms with Gasteiger partial charge in [-0.05, 0) is 50.6 Å². The second kappa shape index (κ2) is 4.69. The zero-order valence-electron chi connectivity index (χ0n) is 11.2. The predicted molar refractivity (Wildman–Crippen MR) is 71.3 cm³/mol. The lowest BCUT2D eigenvalue weighted by molar-refractivity contribution is 0.0600. The molecular weight excluding hydrogens is 226 g/mol. The first-order valence-corrected chi connectivity index (χ1v) is 5.89. The number of aromatic nitrogens is 1. The zero-order chi connectivity index (χ0) is 13.3. The van der Waals surface area contributed by atoms with Gasteiger partial charge in [-0.2, -0.15) is 0 Å². The van der Waals surface area contributed by atoms with Crippen molar-refractivity contribution in [3.63, 3.8) is 0 Å². The number of esters is 1. The summed E-state index contributed by atoms with van der Waals surface area (Å²) in [4.78, 5) is 11.7. The Morgan fingerprint density at radius 2 is 1.67 bits per heavy atom. The standard InChI is InChI=1S/C15H17NO2/c1-10-5-8-13(9-14(10)15(17)18-4)16-11(2)6-7-12(16)3/h5-9H,1-4H3. The summed E-state index contributed by atoms with van der Waals surface area (Å²) in [7, 11) is 1.40. The van der Waals surface area contributed by atoms with Crippen molar-refractivity contribution >= 4 is 5.97 Å². The number of carbonyl (C=O) groups is 1. The molecule has 0 N–H and O–H groups in total. The minimum absolute atomic E-state index is 0.295. The molecular formula is C15H17NO2. The maximum Gasteiger partial charge on any atom is 0.338 e. The molecule has 0 unspecified atom stereocenters. The number of nitrogens with zero attached hydrogens (tertiary/aromatic N) is 1. The monoisotopic (exact) mass is 243 g/mol. The predicted octanol–water partition coefficient (Wildman–Crippen LogP) is 3.19. The Bertz CT molecular complexity index is 577. The van der Waals surface area contributed by atoms with Gasteiger partial charge in [-0.3, -0.25) is 0 Å². The van der Waals surface area contributed by atoms with Gasteiger partial charge < -0.3 is 9.30 Å². The van der Waals surface area contributed by atoms with Gasteiger partial charge in [-0.25, -0.2) is 4.79 Å². The second-order valence-electron chi connectivity index (χ2n) is 4.44. The van der Waals surface area contributed by atoms with E-state index in [1.807, 2.05) is 39.0 Å². The molecule has 1 aromatic carbocycles. The average Bonchev–Trinajstić information content (AvgIpc) is 2.69. The van der Waals surface area contributed by atoms with E-state index in [2.05, 4.69) is 16.7 Å². The summed E-state index contributed by atoms with van der Waals surface area (Å²) in [6, 6.07) is 9.96. The first-order chi connectivity index (χ1) is 8.54. The molecule has 0 fully saturated rings. The van der Waals surface area contributed by atoms with Gasteiger partial charge in [0.15, 0.2) is 0 Å². The van der Waals surface area contributed by atoms with Crippen molar-refractivity contribution in [3.8, 4) is 5.69 Å². The molecule has 3 nitrogen and oxygen atoms in total. The van der Waals surface area contributed by atoms with E-state index in [4.69, 9.17) is 4.74 Å². The number of rotatable bonds is 2. The van der Waals surface area contributed by atoms with Crippen LogP contribution in [-0.4, -0.2) is 17.6 Å². The molecule has 0 aliphatic rings. The van der Waals surface area contributed by atoms with Crippen LogP contribution in [0.1, 0.15) is 27.3 Å². The van der Waals surface area contributed by atoms with E-state index < -0.39 is 0 Å². The largest absolute Gasteiger partial charge is 0.465 e. The molecule has 0 atom stereocenters. The summed E-state index contributed by atoms with van der Waals surface area (Å²) in [5, 5.41) is 0. The molecule has 0 radical (unpaired) electrons. The molecule has 2 rings (SSSR count). The van der Waals surface area contributed by atoms with Crippen LogP contribution in [0.25, 0.3) is 5.69 Å². The molecule has 2 aromatic rings. The molecule has 18 heavy (non-hydrogen) atoms. The van der Waals surface area contributed by atoms with E-state index in [0.29, 0.717) is 5.56 Å². The molecule has 0 amide bonds. The normalized spacial score (nSPS) is 10.4. The van der Waals surface area contributed by atoms with Crippen LogP contribution in [0.3, 0.4) is 0 Å². The molecule has 1 heterocycles. The van der Waals surface area contributed by atoms with Crippen molar-refractivity contribution in [2.75, 3.05) is 7.11 Å². The van der Waals surface area contributed by atoms with E-state index in [0.717, 1.165) is 22.6 Å². The maximum atomic E-state index is 11.7. The molecule has 1 aromatic heterocycles. The lowest BCUT2D eigenvalue weighted by atomic mass is 10.1. The molecule has 0 spiro atoms. The third-order valence-electron chi connectivity index (χ3n) is 3.16. The fourth-order valence-electron chi connectivity index (χ4n) is 2.15. The summed E-state index contributed by atoms with van der Waals surface area (Å²) in [5.74, 6) is -0.295. The summed E-state index contributed by atoms with van der Waals surface area (Å²) < 4.78 is 6.92. The van der Waals surface area contributed by atoms with Gasteiger partial charge in [0.2, 0.25) is 0 Å². The topological polar surface area (TPSA) is 31.2 Å². The first-order valence-electron chi connectivity index (χ1n) is 5.89. The zero-order valence-corrected chi connectivity index (χ0v) is 11.2. The smallest absolute Gasteiger partial charge is 0.338 e. The number of aryl methyl sites for hydroxylation is 3. The third-order valence-corrected chi connectivity index (χ3v) is 3.16. The van der Waals surface area contributed by atoms with Crippen molar-refractivity contribution in [2.24, 2.45) is 0 Å². The Hall–Kier alpha value is -2.03.